The third-order valence-corrected chi connectivity index (χ3v) is 7.28. The highest BCUT2D eigenvalue weighted by molar-refractivity contribution is 7.88. The molecule has 0 aromatic heterocycles. The van der Waals surface area contributed by atoms with Crippen LogP contribution in [0.5, 0.6) is 0 Å². The van der Waals surface area contributed by atoms with Crippen LogP contribution in [0.3, 0.4) is 0 Å². The van der Waals surface area contributed by atoms with Crippen molar-refractivity contribution in [2.75, 3.05) is 39.3 Å². The molecule has 2 heterocycles. The van der Waals surface area contributed by atoms with E-state index in [2.05, 4.69) is 0 Å². The summed E-state index contributed by atoms with van der Waals surface area (Å²) in [5.41, 5.74) is 0.772. The highest BCUT2D eigenvalue weighted by Crippen LogP contribution is 2.21. The van der Waals surface area contributed by atoms with E-state index in [1.54, 1.807) is 16.7 Å². The van der Waals surface area contributed by atoms with E-state index in [9.17, 15) is 18.0 Å². The largest absolute Gasteiger partial charge is 0.343 e. The third-order valence-electron chi connectivity index (χ3n) is 5.43. The number of carbonyl (C=O) groups excluding carboxylic acids is 2. The maximum absolute atomic E-state index is 12.7. The lowest BCUT2D eigenvalue weighted by Gasteiger charge is -2.38. The monoisotopic (exact) mass is 393 g/mol. The summed E-state index contributed by atoms with van der Waals surface area (Å²) in [6.45, 7) is 4.34. The number of amides is 2. The molecule has 0 spiro atoms. The lowest BCUT2D eigenvalue weighted by atomic mass is 9.95. The highest BCUT2D eigenvalue weighted by atomic mass is 32.2. The predicted octanol–water partition coefficient (Wildman–Crippen LogP) is 0.919. The topological polar surface area (TPSA) is 78.0 Å². The molecule has 1 aromatic carbocycles. The number of piperidine rings is 1. The third kappa shape index (κ3) is 4.87. The Labute approximate surface area is 161 Å². The smallest absolute Gasteiger partial charge is 0.225 e. The number of nitrogens with zero attached hydrogens (tertiary/aromatic N) is 3. The van der Waals surface area contributed by atoms with Gasteiger partial charge in [0.25, 0.3) is 0 Å². The van der Waals surface area contributed by atoms with Crippen molar-refractivity contribution in [3.05, 3.63) is 35.9 Å². The second-order valence-electron chi connectivity index (χ2n) is 7.25. The Kier molecular flexibility index (Phi) is 6.16. The van der Waals surface area contributed by atoms with Crippen molar-refractivity contribution in [1.82, 2.24) is 14.1 Å². The van der Waals surface area contributed by atoms with Gasteiger partial charge in [-0.3, -0.25) is 9.59 Å². The van der Waals surface area contributed by atoms with Crippen LogP contribution in [0, 0.1) is 5.92 Å². The molecule has 2 aliphatic rings. The molecule has 0 atom stereocenters. The molecule has 0 N–H and O–H groups in total. The minimum absolute atomic E-state index is 0.00864. The SMILES string of the molecule is CC(=O)N1CCC(C(=O)N2CCN(S(=O)(=O)Cc3ccccc3)CC2)CC1. The van der Waals surface area contributed by atoms with Gasteiger partial charge in [0, 0.05) is 52.1 Å². The average Bonchev–Trinajstić information content (AvgIpc) is 2.68. The first-order valence-corrected chi connectivity index (χ1v) is 11.0. The highest BCUT2D eigenvalue weighted by Gasteiger charge is 2.33. The summed E-state index contributed by atoms with van der Waals surface area (Å²) in [4.78, 5) is 27.7. The molecular formula is C19H27N3O4S. The van der Waals surface area contributed by atoms with E-state index in [1.807, 2.05) is 30.3 Å². The Morgan fingerprint density at radius 3 is 2.07 bits per heavy atom. The van der Waals surface area contributed by atoms with Gasteiger partial charge in [0.15, 0.2) is 0 Å². The molecule has 2 aliphatic heterocycles. The number of piperazine rings is 1. The van der Waals surface area contributed by atoms with E-state index in [4.69, 9.17) is 0 Å². The molecule has 148 valence electrons. The molecular weight excluding hydrogens is 366 g/mol. The number of carbonyl (C=O) groups is 2. The van der Waals surface area contributed by atoms with Crippen LogP contribution in [0.15, 0.2) is 30.3 Å². The van der Waals surface area contributed by atoms with Gasteiger partial charge in [-0.05, 0) is 18.4 Å². The van der Waals surface area contributed by atoms with Crippen LogP contribution in [-0.4, -0.2) is 73.6 Å². The molecule has 0 radical (unpaired) electrons. The molecule has 0 bridgehead atoms. The van der Waals surface area contributed by atoms with Gasteiger partial charge in [-0.15, -0.1) is 0 Å². The van der Waals surface area contributed by atoms with Crippen molar-refractivity contribution in [3.63, 3.8) is 0 Å². The maximum atomic E-state index is 12.7. The summed E-state index contributed by atoms with van der Waals surface area (Å²) < 4.78 is 26.7. The molecule has 8 heteroatoms. The Bertz CT molecular complexity index is 765. The van der Waals surface area contributed by atoms with Gasteiger partial charge in [-0.1, -0.05) is 30.3 Å². The maximum Gasteiger partial charge on any atom is 0.225 e. The van der Waals surface area contributed by atoms with Crippen LogP contribution in [0.1, 0.15) is 25.3 Å². The quantitative estimate of drug-likeness (QED) is 0.762. The number of hydrogen-bond donors (Lipinski definition) is 0. The molecule has 7 nitrogen and oxygen atoms in total. The van der Waals surface area contributed by atoms with E-state index in [1.165, 1.54) is 4.31 Å². The Morgan fingerprint density at radius 2 is 1.52 bits per heavy atom. The fourth-order valence-electron chi connectivity index (χ4n) is 3.76. The lowest BCUT2D eigenvalue weighted by Crippen LogP contribution is -2.53. The Morgan fingerprint density at radius 1 is 0.926 bits per heavy atom. The Balaban J connectivity index is 1.51. The average molecular weight is 394 g/mol. The molecule has 2 amide bonds. The second kappa shape index (κ2) is 8.39. The summed E-state index contributed by atoms with van der Waals surface area (Å²) in [7, 11) is -3.38. The number of rotatable bonds is 4. The van der Waals surface area contributed by atoms with Gasteiger partial charge >= 0.3 is 0 Å². The lowest BCUT2D eigenvalue weighted by molar-refractivity contribution is -0.141. The van der Waals surface area contributed by atoms with Crippen molar-refractivity contribution in [2.45, 2.75) is 25.5 Å². The van der Waals surface area contributed by atoms with Crippen molar-refractivity contribution in [3.8, 4) is 0 Å². The molecule has 0 aliphatic carbocycles. The second-order valence-corrected chi connectivity index (χ2v) is 9.22. The first-order chi connectivity index (χ1) is 12.9. The molecule has 0 saturated carbocycles. The predicted molar refractivity (Wildman–Crippen MR) is 102 cm³/mol. The van der Waals surface area contributed by atoms with Crippen molar-refractivity contribution >= 4 is 21.8 Å². The molecule has 27 heavy (non-hydrogen) atoms. The summed E-state index contributed by atoms with van der Waals surface area (Å²) >= 11 is 0. The summed E-state index contributed by atoms with van der Waals surface area (Å²) in [6.07, 6.45) is 1.37. The summed E-state index contributed by atoms with van der Waals surface area (Å²) in [5, 5.41) is 0. The fraction of sp³-hybridized carbons (Fsp3) is 0.579. The van der Waals surface area contributed by atoms with E-state index in [0.29, 0.717) is 52.1 Å². The van der Waals surface area contributed by atoms with Crippen molar-refractivity contribution in [1.29, 1.82) is 0 Å². The first kappa shape index (κ1) is 19.8. The first-order valence-electron chi connectivity index (χ1n) is 9.43. The number of benzene rings is 1. The molecule has 3 rings (SSSR count). The number of hydrogen-bond acceptors (Lipinski definition) is 4. The minimum atomic E-state index is -3.38. The van der Waals surface area contributed by atoms with E-state index in [-0.39, 0.29) is 23.5 Å². The molecule has 1 aromatic rings. The summed E-state index contributed by atoms with van der Waals surface area (Å²) in [6, 6.07) is 9.15. The van der Waals surface area contributed by atoms with Gasteiger partial charge < -0.3 is 9.80 Å². The zero-order valence-corrected chi connectivity index (χ0v) is 16.5. The zero-order chi connectivity index (χ0) is 19.4. The standard InChI is InChI=1S/C19H27N3O4S/c1-16(23)20-9-7-18(8-10-20)19(24)21-11-13-22(14-12-21)27(25,26)15-17-5-3-2-4-6-17/h2-6,18H,7-15H2,1H3. The Hall–Kier alpha value is -1.93. The van der Waals surface area contributed by atoms with Crippen LogP contribution >= 0.6 is 0 Å². The van der Waals surface area contributed by atoms with E-state index >= 15 is 0 Å². The van der Waals surface area contributed by atoms with Crippen LogP contribution in [-0.2, 0) is 25.4 Å². The van der Waals surface area contributed by atoms with Crippen molar-refractivity contribution in [2.24, 2.45) is 5.92 Å². The van der Waals surface area contributed by atoms with Gasteiger partial charge in [0.2, 0.25) is 21.8 Å². The van der Waals surface area contributed by atoms with Crippen LogP contribution in [0.4, 0.5) is 0 Å². The number of likely N-dealkylation sites (tertiary alicyclic amines) is 1. The number of sulfonamides is 1. The van der Waals surface area contributed by atoms with Gasteiger partial charge in [-0.25, -0.2) is 8.42 Å². The summed E-state index contributed by atoms with van der Waals surface area (Å²) in [5.74, 6) is 0.0789. The normalized spacial score (nSPS) is 19.9. The van der Waals surface area contributed by atoms with Crippen LogP contribution in [0.25, 0.3) is 0 Å². The molecule has 0 unspecified atom stereocenters. The molecule has 2 saturated heterocycles. The van der Waals surface area contributed by atoms with E-state index < -0.39 is 10.0 Å². The van der Waals surface area contributed by atoms with Crippen LogP contribution in [0.2, 0.25) is 0 Å². The van der Waals surface area contributed by atoms with Crippen molar-refractivity contribution < 1.29 is 18.0 Å². The fourth-order valence-corrected chi connectivity index (χ4v) is 5.28. The van der Waals surface area contributed by atoms with Gasteiger partial charge in [0.05, 0.1) is 5.75 Å². The zero-order valence-electron chi connectivity index (χ0n) is 15.7. The van der Waals surface area contributed by atoms with Gasteiger partial charge in [0.1, 0.15) is 0 Å². The van der Waals surface area contributed by atoms with Crippen LogP contribution < -0.4 is 0 Å². The van der Waals surface area contributed by atoms with E-state index in [0.717, 1.165) is 5.56 Å². The van der Waals surface area contributed by atoms with Gasteiger partial charge in [-0.2, -0.15) is 4.31 Å². The molecule has 2 fully saturated rings. The minimum Gasteiger partial charge on any atom is -0.343 e.